The molecule has 2 N–H and O–H groups in total. The Hall–Kier alpha value is -2.24. The topological polar surface area (TPSA) is 90.9 Å². The second-order valence-electron chi connectivity index (χ2n) is 10.5. The lowest BCUT2D eigenvalue weighted by Gasteiger charge is -2.44. The SMILES string of the molecule is COCCCN1CCOc2ccc(CO[C@H]3CNCC[C@]3(OCC(C)O)c3ccc(COCCOC)cc3)cc21. The van der Waals surface area contributed by atoms with Gasteiger partial charge in [-0.05, 0) is 55.1 Å². The highest BCUT2D eigenvalue weighted by atomic mass is 16.6. The number of hydrogen-bond acceptors (Lipinski definition) is 9. The Kier molecular flexibility index (Phi) is 12.0. The molecule has 1 unspecified atom stereocenters. The van der Waals surface area contributed by atoms with Gasteiger partial charge in [0.15, 0.2) is 0 Å². The van der Waals surface area contributed by atoms with E-state index in [9.17, 15) is 5.11 Å². The number of hydrogen-bond donors (Lipinski definition) is 2. The summed E-state index contributed by atoms with van der Waals surface area (Å²) in [5.41, 5.74) is 3.64. The molecule has 222 valence electrons. The first kappa shape index (κ1) is 30.7. The van der Waals surface area contributed by atoms with Crippen molar-refractivity contribution in [2.45, 2.75) is 50.8 Å². The van der Waals surface area contributed by atoms with E-state index in [-0.39, 0.29) is 12.7 Å². The minimum absolute atomic E-state index is 0.231. The van der Waals surface area contributed by atoms with E-state index in [0.717, 1.165) is 67.2 Å². The van der Waals surface area contributed by atoms with Crippen LogP contribution in [0.25, 0.3) is 0 Å². The number of aliphatic hydroxyl groups excluding tert-OH is 1. The molecule has 2 aliphatic rings. The van der Waals surface area contributed by atoms with Gasteiger partial charge in [0.05, 0.1) is 51.4 Å². The number of aliphatic hydroxyl groups is 1. The third-order valence-corrected chi connectivity index (χ3v) is 7.46. The highest BCUT2D eigenvalue weighted by molar-refractivity contribution is 5.61. The van der Waals surface area contributed by atoms with Crippen LogP contribution in [0.5, 0.6) is 5.75 Å². The molecule has 2 heterocycles. The van der Waals surface area contributed by atoms with E-state index in [1.54, 1.807) is 21.1 Å². The fourth-order valence-corrected chi connectivity index (χ4v) is 5.33. The second-order valence-corrected chi connectivity index (χ2v) is 10.5. The Morgan fingerprint density at radius 2 is 1.85 bits per heavy atom. The zero-order chi connectivity index (χ0) is 28.2. The van der Waals surface area contributed by atoms with Crippen LogP contribution < -0.4 is 15.0 Å². The summed E-state index contributed by atoms with van der Waals surface area (Å²) in [5.74, 6) is 0.910. The molecule has 1 fully saturated rings. The molecule has 3 atom stereocenters. The quantitative estimate of drug-likeness (QED) is 0.301. The van der Waals surface area contributed by atoms with E-state index in [2.05, 4.69) is 46.6 Å². The first-order chi connectivity index (χ1) is 19.6. The lowest BCUT2D eigenvalue weighted by atomic mass is 9.81. The molecule has 0 bridgehead atoms. The molecule has 40 heavy (non-hydrogen) atoms. The molecule has 4 rings (SSSR count). The number of ether oxygens (including phenoxy) is 6. The van der Waals surface area contributed by atoms with E-state index in [1.165, 1.54) is 0 Å². The maximum absolute atomic E-state index is 10.1. The lowest BCUT2D eigenvalue weighted by molar-refractivity contribution is -0.180. The van der Waals surface area contributed by atoms with Crippen molar-refractivity contribution in [1.29, 1.82) is 0 Å². The van der Waals surface area contributed by atoms with Gasteiger partial charge in [0.1, 0.15) is 24.1 Å². The highest BCUT2D eigenvalue weighted by Crippen LogP contribution is 2.38. The van der Waals surface area contributed by atoms with Crippen LogP contribution in [0.3, 0.4) is 0 Å². The Labute approximate surface area is 238 Å². The number of anilines is 1. The Morgan fingerprint density at radius 1 is 1.05 bits per heavy atom. The zero-order valence-corrected chi connectivity index (χ0v) is 24.2. The van der Waals surface area contributed by atoms with Crippen molar-refractivity contribution in [3.8, 4) is 5.75 Å². The molecule has 9 heteroatoms. The van der Waals surface area contributed by atoms with E-state index >= 15 is 0 Å². The molecule has 2 aliphatic heterocycles. The number of benzene rings is 2. The van der Waals surface area contributed by atoms with Crippen LogP contribution in [-0.2, 0) is 42.5 Å². The van der Waals surface area contributed by atoms with E-state index in [4.69, 9.17) is 28.4 Å². The zero-order valence-electron chi connectivity index (χ0n) is 24.2. The maximum Gasteiger partial charge on any atom is 0.142 e. The van der Waals surface area contributed by atoms with Gasteiger partial charge in [-0.1, -0.05) is 30.3 Å². The lowest BCUT2D eigenvalue weighted by Crippen LogP contribution is -2.55. The number of piperidine rings is 1. The molecule has 9 nitrogen and oxygen atoms in total. The molecule has 0 spiro atoms. The summed E-state index contributed by atoms with van der Waals surface area (Å²) in [4.78, 5) is 2.36. The van der Waals surface area contributed by atoms with Crippen LogP contribution in [0.15, 0.2) is 42.5 Å². The summed E-state index contributed by atoms with van der Waals surface area (Å²) >= 11 is 0. The fourth-order valence-electron chi connectivity index (χ4n) is 5.33. The summed E-state index contributed by atoms with van der Waals surface area (Å²) in [6.45, 7) is 8.73. The normalized spacial score (nSPS) is 21.6. The third-order valence-electron chi connectivity index (χ3n) is 7.46. The Bertz CT molecular complexity index is 1020. The first-order valence-corrected chi connectivity index (χ1v) is 14.4. The second kappa shape index (κ2) is 15.7. The molecule has 0 aliphatic carbocycles. The van der Waals surface area contributed by atoms with Gasteiger partial charge in [0.25, 0.3) is 0 Å². The molecule has 2 aromatic rings. The van der Waals surface area contributed by atoms with Gasteiger partial charge in [0.2, 0.25) is 0 Å². The van der Waals surface area contributed by atoms with Crippen LogP contribution in [0.4, 0.5) is 5.69 Å². The van der Waals surface area contributed by atoms with E-state index in [0.29, 0.717) is 39.6 Å². The van der Waals surface area contributed by atoms with Gasteiger partial charge < -0.3 is 43.7 Å². The fraction of sp³-hybridized carbons (Fsp3) is 0.613. The maximum atomic E-state index is 10.1. The standard InChI is InChI=1S/C31H46N2O7/c1-24(34)21-40-31(27-8-5-25(6-9-27)22-37-18-17-36-3)11-12-32-20-30(31)39-23-26-7-10-29-28(19-26)33(14-16-38-29)13-4-15-35-2/h5-10,19,24,30,32,34H,4,11-18,20-23H2,1-3H3/t24?,30-,31-/m0/s1. The van der Waals surface area contributed by atoms with Crippen molar-refractivity contribution in [3.05, 3.63) is 59.2 Å². The van der Waals surface area contributed by atoms with Crippen LogP contribution >= 0.6 is 0 Å². The van der Waals surface area contributed by atoms with Crippen LogP contribution in [0.2, 0.25) is 0 Å². The number of rotatable bonds is 16. The van der Waals surface area contributed by atoms with Crippen molar-refractivity contribution in [3.63, 3.8) is 0 Å². The van der Waals surface area contributed by atoms with Crippen molar-refractivity contribution < 1.29 is 33.5 Å². The van der Waals surface area contributed by atoms with Crippen molar-refractivity contribution in [2.75, 3.05) is 78.3 Å². The van der Waals surface area contributed by atoms with E-state index in [1.807, 2.05) is 6.07 Å². The predicted octanol–water partition coefficient (Wildman–Crippen LogP) is 3.26. The third kappa shape index (κ3) is 8.16. The number of methoxy groups -OCH3 is 2. The number of nitrogens with zero attached hydrogens (tertiary/aromatic N) is 1. The highest BCUT2D eigenvalue weighted by Gasteiger charge is 2.44. The molecule has 0 amide bonds. The van der Waals surface area contributed by atoms with Crippen LogP contribution in [0.1, 0.15) is 36.5 Å². The number of nitrogens with one attached hydrogen (secondary N) is 1. The van der Waals surface area contributed by atoms with Crippen molar-refractivity contribution in [2.24, 2.45) is 0 Å². The minimum atomic E-state index is -0.679. The largest absolute Gasteiger partial charge is 0.490 e. The molecule has 0 saturated carbocycles. The van der Waals surface area contributed by atoms with Gasteiger partial charge >= 0.3 is 0 Å². The summed E-state index contributed by atoms with van der Waals surface area (Å²) in [6, 6.07) is 14.7. The molecule has 2 aromatic carbocycles. The summed E-state index contributed by atoms with van der Waals surface area (Å²) < 4.78 is 35.1. The molecule has 0 aromatic heterocycles. The van der Waals surface area contributed by atoms with Crippen molar-refractivity contribution >= 4 is 5.69 Å². The van der Waals surface area contributed by atoms with Gasteiger partial charge in [-0.25, -0.2) is 0 Å². The summed E-state index contributed by atoms with van der Waals surface area (Å²) in [6.07, 6.45) is 0.879. The van der Waals surface area contributed by atoms with Gasteiger partial charge in [0, 0.05) is 33.9 Å². The number of fused-ring (bicyclic) bond motifs is 1. The molecule has 1 saturated heterocycles. The Balaban J connectivity index is 1.49. The summed E-state index contributed by atoms with van der Waals surface area (Å²) in [7, 11) is 3.41. The van der Waals surface area contributed by atoms with E-state index < -0.39 is 11.7 Å². The molecule has 0 radical (unpaired) electrons. The molecular weight excluding hydrogens is 512 g/mol. The van der Waals surface area contributed by atoms with Crippen LogP contribution in [0, 0.1) is 0 Å². The molecular formula is C31H46N2O7. The Morgan fingerprint density at radius 3 is 2.62 bits per heavy atom. The van der Waals surface area contributed by atoms with Gasteiger partial charge in [-0.15, -0.1) is 0 Å². The minimum Gasteiger partial charge on any atom is -0.490 e. The van der Waals surface area contributed by atoms with Gasteiger partial charge in [-0.2, -0.15) is 0 Å². The van der Waals surface area contributed by atoms with Crippen LogP contribution in [-0.4, -0.2) is 90.7 Å². The average Bonchev–Trinajstić information content (AvgIpc) is 2.98. The average molecular weight is 559 g/mol. The van der Waals surface area contributed by atoms with Crippen molar-refractivity contribution in [1.82, 2.24) is 5.32 Å². The monoisotopic (exact) mass is 558 g/mol. The van der Waals surface area contributed by atoms with Gasteiger partial charge in [-0.3, -0.25) is 0 Å². The predicted molar refractivity (Wildman–Crippen MR) is 154 cm³/mol. The smallest absolute Gasteiger partial charge is 0.142 e. The first-order valence-electron chi connectivity index (χ1n) is 14.4. The summed E-state index contributed by atoms with van der Waals surface area (Å²) in [5, 5.41) is 13.6.